The molecule has 1 heterocycles. The highest BCUT2D eigenvalue weighted by Gasteiger charge is 2.17. The van der Waals surface area contributed by atoms with Crippen LogP contribution in [0.25, 0.3) is 0 Å². The van der Waals surface area contributed by atoms with Crippen molar-refractivity contribution in [1.82, 2.24) is 9.97 Å². The monoisotopic (exact) mass is 250 g/mol. The molecule has 0 amide bonds. The largest absolute Gasteiger partial charge is 0.480 e. The first-order valence-electron chi connectivity index (χ1n) is 6.20. The zero-order valence-corrected chi connectivity index (χ0v) is 10.4. The fourth-order valence-electron chi connectivity index (χ4n) is 1.76. The van der Waals surface area contributed by atoms with Gasteiger partial charge in [-0.1, -0.05) is 6.42 Å². The summed E-state index contributed by atoms with van der Waals surface area (Å²) in [6.45, 7) is 2.50. The number of aromatic nitrogens is 2. The van der Waals surface area contributed by atoms with Crippen molar-refractivity contribution in [3.8, 4) is 0 Å². The van der Waals surface area contributed by atoms with Crippen LogP contribution in [-0.4, -0.2) is 33.6 Å². The highest BCUT2D eigenvalue weighted by Crippen LogP contribution is 2.26. The summed E-state index contributed by atoms with van der Waals surface area (Å²) in [5.41, 5.74) is 0. The van der Waals surface area contributed by atoms with Crippen molar-refractivity contribution in [2.45, 2.75) is 32.2 Å². The number of anilines is 2. The SMILES string of the molecule is CC(Nc1cc(NCC2CCC2)ncn1)C(=O)O. The molecule has 0 aliphatic heterocycles. The van der Waals surface area contributed by atoms with Crippen molar-refractivity contribution in [3.05, 3.63) is 12.4 Å². The Balaban J connectivity index is 1.89. The molecular weight excluding hydrogens is 232 g/mol. The third kappa shape index (κ3) is 3.32. The van der Waals surface area contributed by atoms with Crippen LogP contribution in [-0.2, 0) is 4.79 Å². The average molecular weight is 250 g/mol. The van der Waals surface area contributed by atoms with E-state index in [0.29, 0.717) is 5.82 Å². The lowest BCUT2D eigenvalue weighted by Gasteiger charge is -2.25. The lowest BCUT2D eigenvalue weighted by Crippen LogP contribution is -2.26. The number of nitrogens with zero attached hydrogens (tertiary/aromatic N) is 2. The summed E-state index contributed by atoms with van der Waals surface area (Å²) in [7, 11) is 0. The van der Waals surface area contributed by atoms with Crippen LogP contribution < -0.4 is 10.6 Å². The fourth-order valence-corrected chi connectivity index (χ4v) is 1.76. The van der Waals surface area contributed by atoms with Crippen molar-refractivity contribution in [3.63, 3.8) is 0 Å². The molecule has 0 saturated heterocycles. The third-order valence-corrected chi connectivity index (χ3v) is 3.20. The second-order valence-corrected chi connectivity index (χ2v) is 4.67. The predicted molar refractivity (Wildman–Crippen MR) is 68.6 cm³/mol. The molecule has 1 unspecified atom stereocenters. The molecule has 18 heavy (non-hydrogen) atoms. The van der Waals surface area contributed by atoms with Gasteiger partial charge in [0.2, 0.25) is 0 Å². The Hall–Kier alpha value is -1.85. The van der Waals surface area contributed by atoms with Crippen LogP contribution in [0.3, 0.4) is 0 Å². The van der Waals surface area contributed by atoms with E-state index in [1.165, 1.54) is 25.6 Å². The number of carboxylic acid groups (broad SMARTS) is 1. The Labute approximate surface area is 106 Å². The Morgan fingerprint density at radius 3 is 2.83 bits per heavy atom. The molecule has 1 atom stereocenters. The van der Waals surface area contributed by atoms with Crippen molar-refractivity contribution in [2.24, 2.45) is 5.92 Å². The summed E-state index contributed by atoms with van der Waals surface area (Å²) in [6, 6.07) is 1.07. The third-order valence-electron chi connectivity index (χ3n) is 3.20. The lowest BCUT2D eigenvalue weighted by atomic mass is 9.85. The van der Waals surface area contributed by atoms with E-state index < -0.39 is 12.0 Å². The van der Waals surface area contributed by atoms with Gasteiger partial charge >= 0.3 is 5.97 Å². The summed E-state index contributed by atoms with van der Waals surface area (Å²) in [5, 5.41) is 14.9. The molecule has 0 spiro atoms. The molecule has 1 aliphatic rings. The van der Waals surface area contributed by atoms with E-state index >= 15 is 0 Å². The van der Waals surface area contributed by atoms with Crippen molar-refractivity contribution in [2.75, 3.05) is 17.2 Å². The first-order valence-corrected chi connectivity index (χ1v) is 6.20. The van der Waals surface area contributed by atoms with E-state index in [2.05, 4.69) is 20.6 Å². The molecule has 1 aliphatic carbocycles. The Morgan fingerprint density at radius 1 is 1.50 bits per heavy atom. The smallest absolute Gasteiger partial charge is 0.325 e. The van der Waals surface area contributed by atoms with E-state index in [-0.39, 0.29) is 0 Å². The van der Waals surface area contributed by atoms with E-state index in [0.717, 1.165) is 18.3 Å². The van der Waals surface area contributed by atoms with Crippen LogP contribution in [0.5, 0.6) is 0 Å². The molecule has 1 aromatic rings. The molecule has 1 saturated carbocycles. The van der Waals surface area contributed by atoms with Crippen molar-refractivity contribution >= 4 is 17.6 Å². The second-order valence-electron chi connectivity index (χ2n) is 4.67. The first kappa shape index (κ1) is 12.6. The fraction of sp³-hybridized carbons (Fsp3) is 0.583. The van der Waals surface area contributed by atoms with Gasteiger partial charge in [-0.05, 0) is 25.7 Å². The molecule has 1 aromatic heterocycles. The Kier molecular flexibility index (Phi) is 3.96. The Bertz CT molecular complexity index is 420. The number of nitrogens with one attached hydrogen (secondary N) is 2. The molecule has 3 N–H and O–H groups in total. The molecule has 1 fully saturated rings. The lowest BCUT2D eigenvalue weighted by molar-refractivity contribution is -0.137. The van der Waals surface area contributed by atoms with E-state index in [9.17, 15) is 4.79 Å². The van der Waals surface area contributed by atoms with Gasteiger partial charge in [-0.25, -0.2) is 9.97 Å². The van der Waals surface area contributed by atoms with Crippen molar-refractivity contribution < 1.29 is 9.90 Å². The predicted octanol–water partition coefficient (Wildman–Crippen LogP) is 1.57. The minimum absolute atomic E-state index is 0.524. The maximum absolute atomic E-state index is 10.7. The van der Waals surface area contributed by atoms with Gasteiger partial charge in [0.15, 0.2) is 0 Å². The normalized spacial score (nSPS) is 16.7. The van der Waals surface area contributed by atoms with E-state index in [4.69, 9.17) is 5.11 Å². The van der Waals surface area contributed by atoms with Crippen LogP contribution in [0, 0.1) is 5.92 Å². The summed E-state index contributed by atoms with van der Waals surface area (Å²) < 4.78 is 0. The maximum atomic E-state index is 10.7. The minimum Gasteiger partial charge on any atom is -0.480 e. The van der Waals surface area contributed by atoms with Gasteiger partial charge in [-0.15, -0.1) is 0 Å². The van der Waals surface area contributed by atoms with Crippen molar-refractivity contribution in [1.29, 1.82) is 0 Å². The van der Waals surface area contributed by atoms with Gasteiger partial charge in [0.25, 0.3) is 0 Å². The Morgan fingerprint density at radius 2 is 2.22 bits per heavy atom. The van der Waals surface area contributed by atoms with Gasteiger partial charge in [0, 0.05) is 12.6 Å². The number of rotatable bonds is 6. The van der Waals surface area contributed by atoms with Crippen LogP contribution in [0.15, 0.2) is 12.4 Å². The van der Waals surface area contributed by atoms with E-state index in [1.807, 2.05) is 0 Å². The van der Waals surface area contributed by atoms with Crippen LogP contribution in [0.2, 0.25) is 0 Å². The number of hydrogen-bond donors (Lipinski definition) is 3. The topological polar surface area (TPSA) is 87.1 Å². The molecule has 0 bridgehead atoms. The summed E-state index contributed by atoms with van der Waals surface area (Å²) in [5.74, 6) is 1.10. The molecule has 0 aromatic carbocycles. The van der Waals surface area contributed by atoms with Crippen LogP contribution >= 0.6 is 0 Å². The number of hydrogen-bond acceptors (Lipinski definition) is 5. The van der Waals surface area contributed by atoms with Gasteiger partial charge in [0.05, 0.1) is 0 Å². The van der Waals surface area contributed by atoms with Gasteiger partial charge in [0.1, 0.15) is 24.0 Å². The quantitative estimate of drug-likeness (QED) is 0.710. The summed E-state index contributed by atoms with van der Waals surface area (Å²) in [4.78, 5) is 18.8. The van der Waals surface area contributed by atoms with Gasteiger partial charge in [-0.3, -0.25) is 4.79 Å². The van der Waals surface area contributed by atoms with Gasteiger partial charge in [-0.2, -0.15) is 0 Å². The molecule has 6 heteroatoms. The van der Waals surface area contributed by atoms with E-state index in [1.54, 1.807) is 13.0 Å². The maximum Gasteiger partial charge on any atom is 0.325 e. The molecule has 98 valence electrons. The van der Waals surface area contributed by atoms with Crippen LogP contribution in [0.1, 0.15) is 26.2 Å². The number of carbonyl (C=O) groups is 1. The summed E-state index contributed by atoms with van der Waals surface area (Å²) in [6.07, 6.45) is 5.30. The molecule has 6 nitrogen and oxygen atoms in total. The van der Waals surface area contributed by atoms with Crippen LogP contribution in [0.4, 0.5) is 11.6 Å². The van der Waals surface area contributed by atoms with Gasteiger partial charge < -0.3 is 15.7 Å². The zero-order chi connectivity index (χ0) is 13.0. The average Bonchev–Trinajstić information content (AvgIpc) is 2.27. The molecule has 2 rings (SSSR count). The molecule has 0 radical (unpaired) electrons. The highest BCUT2D eigenvalue weighted by molar-refractivity contribution is 5.76. The zero-order valence-electron chi connectivity index (χ0n) is 10.4. The number of aliphatic carboxylic acids is 1. The summed E-state index contributed by atoms with van der Waals surface area (Å²) >= 11 is 0. The first-order chi connectivity index (χ1) is 8.65. The second kappa shape index (κ2) is 5.66. The highest BCUT2D eigenvalue weighted by atomic mass is 16.4. The minimum atomic E-state index is -0.905. The standard InChI is InChI=1S/C12H18N4O2/c1-8(12(17)18)16-11-5-10(14-7-15-11)13-6-9-3-2-4-9/h5,7-9H,2-4,6H2,1H3,(H,17,18)(H2,13,14,15,16). The molecular formula is C12H18N4O2. The number of carboxylic acids is 1.